The molecule has 1 aliphatic heterocycles. The first-order chi connectivity index (χ1) is 11.3. The maximum Gasteiger partial charge on any atom is 0.333 e. The van der Waals surface area contributed by atoms with Gasteiger partial charge in [-0.2, -0.15) is 0 Å². The summed E-state index contributed by atoms with van der Waals surface area (Å²) in [5.41, 5.74) is 0.331. The van der Waals surface area contributed by atoms with Gasteiger partial charge in [0.2, 0.25) is 0 Å². The zero-order valence-corrected chi connectivity index (χ0v) is 13.7. The van der Waals surface area contributed by atoms with E-state index in [2.05, 4.69) is 0 Å². The van der Waals surface area contributed by atoms with Crippen molar-refractivity contribution >= 4 is 29.9 Å². The molecule has 8 nitrogen and oxygen atoms in total. The lowest BCUT2D eigenvalue weighted by molar-refractivity contribution is -0.134. The number of amides is 4. The number of methoxy groups -OCH3 is 1. The zero-order chi connectivity index (χ0) is 18.0. The zero-order valence-electron chi connectivity index (χ0n) is 13.7. The van der Waals surface area contributed by atoms with Gasteiger partial charge in [0, 0.05) is 21.0 Å². The van der Waals surface area contributed by atoms with Crippen LogP contribution in [0.2, 0.25) is 0 Å². The molecule has 0 aliphatic carbocycles. The summed E-state index contributed by atoms with van der Waals surface area (Å²) >= 11 is 0. The summed E-state index contributed by atoms with van der Waals surface area (Å²) in [4.78, 5) is 48.8. The molecular weight excluding hydrogens is 316 g/mol. The van der Waals surface area contributed by atoms with Gasteiger partial charge in [-0.05, 0) is 23.8 Å². The number of hydrogen-bond acceptors (Lipinski definition) is 6. The molecule has 24 heavy (non-hydrogen) atoms. The Labute approximate surface area is 138 Å². The number of carbonyl (C=O) groups excluding carboxylic acids is 4. The molecule has 4 amide bonds. The van der Waals surface area contributed by atoms with Crippen LogP contribution >= 0.6 is 0 Å². The van der Waals surface area contributed by atoms with Crippen LogP contribution < -0.4 is 9.47 Å². The summed E-state index contributed by atoms with van der Waals surface area (Å²) in [6, 6.07) is 3.88. The van der Waals surface area contributed by atoms with Crippen LogP contribution in [-0.4, -0.2) is 54.8 Å². The Morgan fingerprint density at radius 1 is 1.04 bits per heavy atom. The summed E-state index contributed by atoms with van der Waals surface area (Å²) in [6.07, 6.45) is 1.35. The van der Waals surface area contributed by atoms with E-state index in [0.29, 0.717) is 5.56 Å². The number of carbonyl (C=O) groups is 4. The van der Waals surface area contributed by atoms with Crippen molar-refractivity contribution in [1.29, 1.82) is 0 Å². The van der Waals surface area contributed by atoms with Gasteiger partial charge < -0.3 is 9.47 Å². The molecule has 1 aromatic rings. The van der Waals surface area contributed by atoms with Gasteiger partial charge in [-0.25, -0.2) is 4.79 Å². The second kappa shape index (κ2) is 6.53. The van der Waals surface area contributed by atoms with Crippen molar-refractivity contribution in [2.75, 3.05) is 21.2 Å². The van der Waals surface area contributed by atoms with Crippen LogP contribution in [0.1, 0.15) is 12.5 Å². The van der Waals surface area contributed by atoms with Crippen LogP contribution in [0.25, 0.3) is 6.08 Å². The van der Waals surface area contributed by atoms with E-state index in [0.717, 1.165) is 9.80 Å². The highest BCUT2D eigenvalue weighted by Gasteiger charge is 2.37. The summed E-state index contributed by atoms with van der Waals surface area (Å²) < 4.78 is 10.1. The summed E-state index contributed by atoms with van der Waals surface area (Å²) in [7, 11) is 3.99. The molecule has 0 aromatic heterocycles. The lowest BCUT2D eigenvalue weighted by atomic mass is 10.1. The van der Waals surface area contributed by atoms with Crippen LogP contribution in [0.15, 0.2) is 23.8 Å². The molecule has 0 N–H and O–H groups in total. The normalized spacial score (nSPS) is 14.8. The molecule has 0 radical (unpaired) electrons. The van der Waals surface area contributed by atoms with E-state index < -0.39 is 23.8 Å². The van der Waals surface area contributed by atoms with Gasteiger partial charge in [0.1, 0.15) is 5.57 Å². The molecule has 0 saturated carbocycles. The molecule has 1 heterocycles. The van der Waals surface area contributed by atoms with Crippen LogP contribution in [0.5, 0.6) is 11.5 Å². The number of nitrogens with zero attached hydrogens (tertiary/aromatic N) is 2. The number of esters is 1. The number of benzene rings is 1. The van der Waals surface area contributed by atoms with E-state index in [-0.39, 0.29) is 17.1 Å². The Kier molecular flexibility index (Phi) is 4.68. The Morgan fingerprint density at radius 2 is 1.62 bits per heavy atom. The minimum Gasteiger partial charge on any atom is -0.493 e. The molecule has 126 valence electrons. The number of barbiturate groups is 1. The van der Waals surface area contributed by atoms with Crippen molar-refractivity contribution in [2.45, 2.75) is 6.92 Å². The second-order valence-electron chi connectivity index (χ2n) is 5.07. The molecule has 1 aliphatic rings. The van der Waals surface area contributed by atoms with E-state index in [1.54, 1.807) is 6.07 Å². The predicted octanol–water partition coefficient (Wildman–Crippen LogP) is 1.05. The molecule has 2 rings (SSSR count). The van der Waals surface area contributed by atoms with Crippen molar-refractivity contribution < 1.29 is 28.7 Å². The van der Waals surface area contributed by atoms with Crippen LogP contribution in [0.4, 0.5) is 4.79 Å². The standard InChI is InChI=1S/C16H16N2O6/c1-9(19)24-12-6-5-10(8-13(12)23-4)7-11-14(20)17(2)16(22)18(3)15(11)21/h5-8H,1-4H3. The van der Waals surface area contributed by atoms with Crippen LogP contribution in [-0.2, 0) is 14.4 Å². The minimum atomic E-state index is -0.690. The Hall–Kier alpha value is -3.16. The Balaban J connectivity index is 2.43. The van der Waals surface area contributed by atoms with E-state index in [4.69, 9.17) is 9.47 Å². The molecular formula is C16H16N2O6. The Bertz CT molecular complexity index is 742. The van der Waals surface area contributed by atoms with E-state index in [1.807, 2.05) is 0 Å². The maximum absolute atomic E-state index is 12.2. The number of ether oxygens (including phenoxy) is 2. The molecule has 0 unspecified atom stereocenters. The average Bonchev–Trinajstić information content (AvgIpc) is 2.55. The van der Waals surface area contributed by atoms with Gasteiger partial charge in [-0.1, -0.05) is 6.07 Å². The predicted molar refractivity (Wildman–Crippen MR) is 83.2 cm³/mol. The highest BCUT2D eigenvalue weighted by molar-refractivity contribution is 6.30. The second-order valence-corrected chi connectivity index (χ2v) is 5.07. The number of hydrogen-bond donors (Lipinski definition) is 0. The van der Waals surface area contributed by atoms with Gasteiger partial charge in [0.05, 0.1) is 7.11 Å². The molecule has 0 atom stereocenters. The monoisotopic (exact) mass is 332 g/mol. The smallest absolute Gasteiger partial charge is 0.333 e. The average molecular weight is 332 g/mol. The van der Waals surface area contributed by atoms with E-state index in [1.165, 1.54) is 46.3 Å². The third-order valence-electron chi connectivity index (χ3n) is 3.40. The van der Waals surface area contributed by atoms with E-state index >= 15 is 0 Å². The van der Waals surface area contributed by atoms with Gasteiger partial charge in [0.15, 0.2) is 11.5 Å². The number of urea groups is 1. The fraction of sp³-hybridized carbons (Fsp3) is 0.250. The highest BCUT2D eigenvalue weighted by atomic mass is 16.6. The third-order valence-corrected chi connectivity index (χ3v) is 3.40. The highest BCUT2D eigenvalue weighted by Crippen LogP contribution is 2.29. The lowest BCUT2D eigenvalue weighted by Crippen LogP contribution is -2.52. The van der Waals surface area contributed by atoms with Gasteiger partial charge in [-0.3, -0.25) is 24.2 Å². The quantitative estimate of drug-likeness (QED) is 0.355. The first-order valence-corrected chi connectivity index (χ1v) is 6.94. The topological polar surface area (TPSA) is 93.2 Å². The van der Waals surface area contributed by atoms with Crippen molar-refractivity contribution in [3.05, 3.63) is 29.3 Å². The lowest BCUT2D eigenvalue weighted by Gasteiger charge is -2.28. The SMILES string of the molecule is COc1cc(C=C2C(=O)N(C)C(=O)N(C)C2=O)ccc1OC(C)=O. The van der Waals surface area contributed by atoms with Gasteiger partial charge >= 0.3 is 12.0 Å². The molecule has 0 spiro atoms. The third kappa shape index (κ3) is 3.12. The number of likely N-dealkylation sites (N-methyl/N-ethyl adjacent to an activating group) is 2. The summed E-state index contributed by atoms with van der Waals surface area (Å²) in [6.45, 7) is 1.26. The van der Waals surface area contributed by atoms with Crippen LogP contribution in [0, 0.1) is 0 Å². The molecule has 8 heteroatoms. The fourth-order valence-electron chi connectivity index (χ4n) is 2.15. The van der Waals surface area contributed by atoms with E-state index in [9.17, 15) is 19.2 Å². The first-order valence-electron chi connectivity index (χ1n) is 6.94. The molecule has 0 bridgehead atoms. The van der Waals surface area contributed by atoms with Crippen molar-refractivity contribution in [2.24, 2.45) is 0 Å². The summed E-state index contributed by atoms with van der Waals surface area (Å²) in [5, 5.41) is 0. The first kappa shape index (κ1) is 17.2. The van der Waals surface area contributed by atoms with Crippen molar-refractivity contribution in [3.8, 4) is 11.5 Å². The molecule has 1 saturated heterocycles. The number of rotatable bonds is 3. The van der Waals surface area contributed by atoms with Crippen molar-refractivity contribution in [3.63, 3.8) is 0 Å². The van der Waals surface area contributed by atoms with Crippen LogP contribution in [0.3, 0.4) is 0 Å². The molecule has 1 aromatic carbocycles. The summed E-state index contributed by atoms with van der Waals surface area (Å²) in [5.74, 6) is -1.39. The fourth-order valence-corrected chi connectivity index (χ4v) is 2.15. The van der Waals surface area contributed by atoms with Gasteiger partial charge in [0.25, 0.3) is 11.8 Å². The molecule has 1 fully saturated rings. The van der Waals surface area contributed by atoms with Gasteiger partial charge in [-0.15, -0.1) is 0 Å². The maximum atomic E-state index is 12.2. The number of imide groups is 2. The minimum absolute atomic E-state index is 0.151. The Morgan fingerprint density at radius 3 is 2.12 bits per heavy atom. The van der Waals surface area contributed by atoms with Crippen molar-refractivity contribution in [1.82, 2.24) is 9.80 Å². The largest absolute Gasteiger partial charge is 0.493 e.